The van der Waals surface area contributed by atoms with Crippen molar-refractivity contribution in [1.82, 2.24) is 9.80 Å². The van der Waals surface area contributed by atoms with Gasteiger partial charge in [0.2, 0.25) is 0 Å². The van der Waals surface area contributed by atoms with Crippen LogP contribution >= 0.6 is 15.9 Å². The number of hydrogen-bond donors (Lipinski definition) is 0. The predicted octanol–water partition coefficient (Wildman–Crippen LogP) is 5.76. The number of halogens is 2. The first-order valence-corrected chi connectivity index (χ1v) is 11.9. The second kappa shape index (κ2) is 10.5. The molecule has 1 aliphatic heterocycles. The van der Waals surface area contributed by atoms with Gasteiger partial charge in [-0.2, -0.15) is 0 Å². The van der Waals surface area contributed by atoms with Gasteiger partial charge in [-0.25, -0.2) is 4.39 Å². The summed E-state index contributed by atoms with van der Waals surface area (Å²) in [5, 5.41) is 0. The van der Waals surface area contributed by atoms with E-state index in [0.717, 1.165) is 34.3 Å². The van der Waals surface area contributed by atoms with Crippen LogP contribution in [0, 0.1) is 5.82 Å². The highest BCUT2D eigenvalue weighted by molar-refractivity contribution is 9.10. The van der Waals surface area contributed by atoms with E-state index < -0.39 is 0 Å². The van der Waals surface area contributed by atoms with Crippen molar-refractivity contribution in [3.05, 3.63) is 88.6 Å². The van der Waals surface area contributed by atoms with Gasteiger partial charge in [-0.3, -0.25) is 9.69 Å². The summed E-state index contributed by atoms with van der Waals surface area (Å²) < 4.78 is 20.0. The van der Waals surface area contributed by atoms with Gasteiger partial charge in [0.05, 0.1) is 0 Å². The zero-order chi connectivity index (χ0) is 23.4. The molecule has 33 heavy (non-hydrogen) atoms. The van der Waals surface area contributed by atoms with Crippen LogP contribution < -0.4 is 4.74 Å². The molecule has 0 saturated carbocycles. The van der Waals surface area contributed by atoms with Crippen LogP contribution in [0.1, 0.15) is 19.4 Å². The first-order chi connectivity index (χ1) is 15.9. The Morgan fingerprint density at radius 1 is 0.909 bits per heavy atom. The van der Waals surface area contributed by atoms with E-state index in [9.17, 15) is 9.18 Å². The summed E-state index contributed by atoms with van der Waals surface area (Å²) in [6.07, 6.45) is 0. The fourth-order valence-corrected chi connectivity index (χ4v) is 4.47. The molecule has 0 aliphatic carbocycles. The Morgan fingerprint density at radius 2 is 1.52 bits per heavy atom. The monoisotopic (exact) mass is 510 g/mol. The van der Waals surface area contributed by atoms with Gasteiger partial charge in [-0.1, -0.05) is 52.3 Å². The van der Waals surface area contributed by atoms with E-state index in [4.69, 9.17) is 4.74 Å². The summed E-state index contributed by atoms with van der Waals surface area (Å²) in [6.45, 7) is 6.37. The fraction of sp³-hybridized carbons (Fsp3) is 0.296. The second-order valence-electron chi connectivity index (χ2n) is 8.62. The Bertz CT molecular complexity index is 1070. The van der Waals surface area contributed by atoms with Crippen LogP contribution in [0.15, 0.2) is 77.3 Å². The maximum absolute atomic E-state index is 13.2. The lowest BCUT2D eigenvalue weighted by Crippen LogP contribution is -2.58. The molecular weight excluding hydrogens is 483 g/mol. The Balaban J connectivity index is 1.30. The van der Waals surface area contributed by atoms with E-state index in [-0.39, 0.29) is 30.4 Å². The van der Waals surface area contributed by atoms with E-state index in [0.29, 0.717) is 12.3 Å². The smallest absolute Gasteiger partial charge is 0.260 e. The van der Waals surface area contributed by atoms with Gasteiger partial charge in [0.25, 0.3) is 5.91 Å². The number of hydrogen-bond acceptors (Lipinski definition) is 3. The van der Waals surface area contributed by atoms with Gasteiger partial charge in [0, 0.05) is 36.2 Å². The highest BCUT2D eigenvalue weighted by atomic mass is 79.9. The molecule has 4 rings (SSSR count). The van der Waals surface area contributed by atoms with E-state index >= 15 is 0 Å². The standard InChI is InChI=1S/C27H28BrFN2O2/c1-19-16-31(20(2)15-30(19)17-21-3-11-25(29)12-4-21)27(32)18-33-26-13-7-23(8-14-26)22-5-9-24(28)10-6-22/h3-14,19-20H,15-18H2,1-2H3/t19-,20+/m0/s1. The molecule has 1 fully saturated rings. The molecule has 4 nitrogen and oxygen atoms in total. The lowest BCUT2D eigenvalue weighted by atomic mass is 10.1. The number of benzene rings is 3. The summed E-state index contributed by atoms with van der Waals surface area (Å²) in [4.78, 5) is 17.1. The molecule has 0 radical (unpaired) electrons. The molecule has 0 N–H and O–H groups in total. The van der Waals surface area contributed by atoms with Crippen LogP contribution in [0.4, 0.5) is 4.39 Å². The van der Waals surface area contributed by atoms with Gasteiger partial charge in [0.15, 0.2) is 6.61 Å². The third kappa shape index (κ3) is 6.01. The zero-order valence-corrected chi connectivity index (χ0v) is 20.5. The molecule has 3 aromatic rings. The summed E-state index contributed by atoms with van der Waals surface area (Å²) in [5.74, 6) is 0.450. The summed E-state index contributed by atoms with van der Waals surface area (Å²) >= 11 is 3.45. The van der Waals surface area contributed by atoms with Crippen molar-refractivity contribution >= 4 is 21.8 Å². The Hall–Kier alpha value is -2.70. The van der Waals surface area contributed by atoms with Gasteiger partial charge < -0.3 is 9.64 Å². The number of nitrogens with zero attached hydrogens (tertiary/aromatic N) is 2. The lowest BCUT2D eigenvalue weighted by Gasteiger charge is -2.44. The molecule has 1 amide bonds. The molecule has 6 heteroatoms. The summed E-state index contributed by atoms with van der Waals surface area (Å²) in [7, 11) is 0. The fourth-order valence-electron chi connectivity index (χ4n) is 4.20. The molecule has 1 heterocycles. The predicted molar refractivity (Wildman–Crippen MR) is 133 cm³/mol. The Labute approximate surface area is 203 Å². The molecule has 172 valence electrons. The van der Waals surface area contributed by atoms with Crippen molar-refractivity contribution < 1.29 is 13.9 Å². The van der Waals surface area contributed by atoms with E-state index in [1.807, 2.05) is 53.4 Å². The molecule has 0 bridgehead atoms. The van der Waals surface area contributed by atoms with Crippen LogP contribution in [-0.4, -0.2) is 47.5 Å². The third-order valence-corrected chi connectivity index (χ3v) is 6.66. The maximum Gasteiger partial charge on any atom is 0.260 e. The average Bonchev–Trinajstić information content (AvgIpc) is 2.82. The molecule has 0 unspecified atom stereocenters. The first kappa shape index (κ1) is 23.5. The van der Waals surface area contributed by atoms with E-state index in [1.54, 1.807) is 0 Å². The first-order valence-electron chi connectivity index (χ1n) is 11.2. The number of amides is 1. The Kier molecular flexibility index (Phi) is 7.46. The SMILES string of the molecule is C[C@@H]1CN(Cc2ccc(F)cc2)[C@@H](C)CN1C(=O)COc1ccc(-c2ccc(Br)cc2)cc1. The highest BCUT2D eigenvalue weighted by Crippen LogP contribution is 2.24. The van der Waals surface area contributed by atoms with Crippen LogP contribution in [0.25, 0.3) is 11.1 Å². The van der Waals surface area contributed by atoms with Gasteiger partial charge in [-0.15, -0.1) is 0 Å². The van der Waals surface area contributed by atoms with Crippen molar-refractivity contribution in [2.45, 2.75) is 32.5 Å². The van der Waals surface area contributed by atoms with Crippen molar-refractivity contribution in [1.29, 1.82) is 0 Å². The second-order valence-corrected chi connectivity index (χ2v) is 9.54. The van der Waals surface area contributed by atoms with Crippen molar-refractivity contribution in [2.75, 3.05) is 19.7 Å². The number of carbonyl (C=O) groups is 1. The molecule has 0 aromatic heterocycles. The molecule has 2 atom stereocenters. The Morgan fingerprint density at radius 3 is 2.15 bits per heavy atom. The minimum atomic E-state index is -0.224. The van der Waals surface area contributed by atoms with E-state index in [1.165, 1.54) is 12.1 Å². The number of rotatable bonds is 6. The van der Waals surface area contributed by atoms with Crippen molar-refractivity contribution in [3.8, 4) is 16.9 Å². The largest absolute Gasteiger partial charge is 0.484 e. The van der Waals surface area contributed by atoms with Gasteiger partial charge in [0.1, 0.15) is 11.6 Å². The van der Waals surface area contributed by atoms with Gasteiger partial charge >= 0.3 is 0 Å². The molecule has 0 spiro atoms. The number of carbonyl (C=O) groups excluding carboxylic acids is 1. The summed E-state index contributed by atoms with van der Waals surface area (Å²) in [5.41, 5.74) is 3.30. The van der Waals surface area contributed by atoms with Gasteiger partial charge in [-0.05, 0) is 66.9 Å². The number of ether oxygens (including phenoxy) is 1. The van der Waals surface area contributed by atoms with E-state index in [2.05, 4.69) is 46.8 Å². The number of piperazine rings is 1. The van der Waals surface area contributed by atoms with Crippen LogP contribution in [-0.2, 0) is 11.3 Å². The molecule has 1 aliphatic rings. The van der Waals surface area contributed by atoms with Crippen LogP contribution in [0.5, 0.6) is 5.75 Å². The van der Waals surface area contributed by atoms with Crippen molar-refractivity contribution in [2.24, 2.45) is 0 Å². The lowest BCUT2D eigenvalue weighted by molar-refractivity contribution is -0.139. The minimum Gasteiger partial charge on any atom is -0.484 e. The van der Waals surface area contributed by atoms with Crippen LogP contribution in [0.2, 0.25) is 0 Å². The molecular formula is C27H28BrFN2O2. The quantitative estimate of drug-likeness (QED) is 0.422. The minimum absolute atomic E-state index is 0.00670. The van der Waals surface area contributed by atoms with Crippen molar-refractivity contribution in [3.63, 3.8) is 0 Å². The zero-order valence-electron chi connectivity index (χ0n) is 18.9. The topological polar surface area (TPSA) is 32.8 Å². The third-order valence-electron chi connectivity index (χ3n) is 6.13. The highest BCUT2D eigenvalue weighted by Gasteiger charge is 2.32. The molecule has 1 saturated heterocycles. The average molecular weight is 511 g/mol. The maximum atomic E-state index is 13.2. The summed E-state index contributed by atoms with van der Waals surface area (Å²) in [6, 6.07) is 22.9. The molecule has 3 aromatic carbocycles. The normalized spacial score (nSPS) is 18.8. The van der Waals surface area contributed by atoms with Crippen LogP contribution in [0.3, 0.4) is 0 Å².